The van der Waals surface area contributed by atoms with Crippen molar-refractivity contribution < 1.29 is 28.9 Å². The van der Waals surface area contributed by atoms with Gasteiger partial charge in [-0.3, -0.25) is 4.79 Å². The highest BCUT2D eigenvalue weighted by Crippen LogP contribution is 2.67. The monoisotopic (exact) mass is 500 g/mol. The number of rotatable bonds is 6. The third-order valence-electron chi connectivity index (χ3n) is 11.3. The number of Topliss-reactive ketones (excluding diaryl/α,β-unsaturated/α-hetero) is 1. The molecule has 0 saturated heterocycles. The molecule has 200 valence electrons. The summed E-state index contributed by atoms with van der Waals surface area (Å²) >= 11 is 0. The van der Waals surface area contributed by atoms with Crippen LogP contribution in [-0.4, -0.2) is 56.5 Å². The number of ketones is 1. The predicted octanol–water partition coefficient (Wildman–Crippen LogP) is 4.65. The van der Waals surface area contributed by atoms with Crippen LogP contribution in [0, 0.1) is 40.4 Å². The van der Waals surface area contributed by atoms with Crippen LogP contribution in [0.4, 0.5) is 0 Å². The first-order valence-corrected chi connectivity index (χ1v) is 13.9. The Hall–Kier alpha value is -1.50. The number of aliphatic hydroxyl groups excluding tert-OH is 1. The van der Waals surface area contributed by atoms with E-state index in [4.69, 9.17) is 14.2 Å². The maximum atomic E-state index is 13.5. The van der Waals surface area contributed by atoms with E-state index in [0.717, 1.165) is 44.1 Å². The number of hydrogen-bond donors (Lipinski definition) is 1. The van der Waals surface area contributed by atoms with Crippen molar-refractivity contribution in [1.82, 2.24) is 0 Å². The van der Waals surface area contributed by atoms with E-state index < -0.39 is 0 Å². The molecule has 0 radical (unpaired) electrons. The number of hydrogen-bond acceptors (Lipinski definition) is 6. The summed E-state index contributed by atoms with van der Waals surface area (Å²) < 4.78 is 16.7. The number of cyclic esters (lactones) is 1. The summed E-state index contributed by atoms with van der Waals surface area (Å²) in [7, 11) is 3.31. The lowest BCUT2D eigenvalue weighted by atomic mass is 9.46. The zero-order valence-electron chi connectivity index (χ0n) is 22.7. The van der Waals surface area contributed by atoms with Crippen molar-refractivity contribution in [3.63, 3.8) is 0 Å². The van der Waals surface area contributed by atoms with Crippen LogP contribution in [0.15, 0.2) is 22.8 Å². The molecule has 0 aromatic heterocycles. The summed E-state index contributed by atoms with van der Waals surface area (Å²) in [5, 5.41) is 10.6. The Bertz CT molecular complexity index is 966. The van der Waals surface area contributed by atoms with Gasteiger partial charge in [0.25, 0.3) is 0 Å². The van der Waals surface area contributed by atoms with Gasteiger partial charge in [0.05, 0.1) is 23.7 Å². The summed E-state index contributed by atoms with van der Waals surface area (Å²) in [6.45, 7) is 6.92. The first-order valence-electron chi connectivity index (χ1n) is 13.9. The molecule has 5 aliphatic rings. The molecule has 3 saturated carbocycles. The van der Waals surface area contributed by atoms with E-state index >= 15 is 0 Å². The van der Waals surface area contributed by atoms with Crippen LogP contribution in [0.2, 0.25) is 0 Å². The highest BCUT2D eigenvalue weighted by atomic mass is 16.5. The average Bonchev–Trinajstić information content (AvgIpc) is 3.19. The number of allylic oxidation sites excluding steroid dienone is 1. The molecule has 5 rings (SSSR count). The van der Waals surface area contributed by atoms with Gasteiger partial charge in [-0.05, 0) is 81.5 Å². The summed E-state index contributed by atoms with van der Waals surface area (Å²) in [6.07, 6.45) is 9.49. The normalized spacial score (nSPS) is 43.3. The fraction of sp³-hybridized carbons (Fsp3) is 0.800. The van der Waals surface area contributed by atoms with Crippen molar-refractivity contribution in [2.45, 2.75) is 84.3 Å². The quantitative estimate of drug-likeness (QED) is 0.422. The molecule has 1 heterocycles. The summed E-state index contributed by atoms with van der Waals surface area (Å²) in [5.41, 5.74) is 2.67. The number of carbonyl (C=O) groups excluding carboxylic acids is 2. The second-order valence-electron chi connectivity index (χ2n) is 12.6. The standard InChI is InChI=1S/C30H44O6/c1-17-12-26(36-28(33)22(17)16-34-4)21(15-31)24-9-8-23-20-7-6-18-13-19(35-5)14-27(32)30(18,3)25(20)10-11-29(23,24)2/h6,19-21,23-26,31H,7-16H2,1-5H3/t19-,20?,21+,23?,24?,25?,26-,29+,30+/m1/s1. The Morgan fingerprint density at radius 3 is 2.56 bits per heavy atom. The molecule has 0 spiro atoms. The van der Waals surface area contributed by atoms with Crippen molar-refractivity contribution in [2.75, 3.05) is 27.4 Å². The smallest absolute Gasteiger partial charge is 0.336 e. The zero-order valence-corrected chi connectivity index (χ0v) is 22.7. The van der Waals surface area contributed by atoms with E-state index in [9.17, 15) is 14.7 Å². The van der Waals surface area contributed by atoms with E-state index in [1.165, 1.54) is 5.57 Å². The summed E-state index contributed by atoms with van der Waals surface area (Å²) in [6, 6.07) is 0. The lowest BCUT2D eigenvalue weighted by Gasteiger charge is -2.58. The molecule has 4 aliphatic carbocycles. The Morgan fingerprint density at radius 2 is 1.89 bits per heavy atom. The van der Waals surface area contributed by atoms with Gasteiger partial charge in [-0.2, -0.15) is 0 Å². The third kappa shape index (κ3) is 3.85. The molecule has 0 bridgehead atoms. The van der Waals surface area contributed by atoms with Gasteiger partial charge in [0.15, 0.2) is 0 Å². The van der Waals surface area contributed by atoms with Crippen molar-refractivity contribution >= 4 is 11.8 Å². The van der Waals surface area contributed by atoms with Gasteiger partial charge in [-0.1, -0.05) is 24.1 Å². The van der Waals surface area contributed by atoms with E-state index in [1.54, 1.807) is 14.2 Å². The van der Waals surface area contributed by atoms with Crippen molar-refractivity contribution in [3.05, 3.63) is 22.8 Å². The number of carbonyl (C=O) groups is 2. The van der Waals surface area contributed by atoms with E-state index in [0.29, 0.717) is 47.9 Å². The number of ether oxygens (including phenoxy) is 3. The van der Waals surface area contributed by atoms with Gasteiger partial charge in [0.1, 0.15) is 11.9 Å². The first-order chi connectivity index (χ1) is 17.2. The fourth-order valence-corrected chi connectivity index (χ4v) is 9.31. The lowest BCUT2D eigenvalue weighted by molar-refractivity contribution is -0.155. The molecule has 0 aromatic carbocycles. The third-order valence-corrected chi connectivity index (χ3v) is 11.3. The molecule has 1 N–H and O–H groups in total. The van der Waals surface area contributed by atoms with Crippen LogP contribution in [0.3, 0.4) is 0 Å². The molecular weight excluding hydrogens is 456 g/mol. The topological polar surface area (TPSA) is 82.1 Å². The SMILES string of the molecule is COCC1=C(C)C[C@H]([C@@H](CO)C2CCC3C4CC=C5C[C@@H](OC)CC(=O)[C@]5(C)C4CC[C@@]32C)OC1=O. The zero-order chi connectivity index (χ0) is 25.8. The van der Waals surface area contributed by atoms with E-state index in [1.807, 2.05) is 6.92 Å². The molecule has 6 nitrogen and oxygen atoms in total. The summed E-state index contributed by atoms with van der Waals surface area (Å²) in [4.78, 5) is 26.2. The fourth-order valence-electron chi connectivity index (χ4n) is 9.31. The van der Waals surface area contributed by atoms with Crippen molar-refractivity contribution in [1.29, 1.82) is 0 Å². The lowest BCUT2D eigenvalue weighted by Crippen LogP contribution is -2.55. The molecule has 3 fully saturated rings. The Labute approximate surface area is 215 Å². The van der Waals surface area contributed by atoms with Crippen LogP contribution in [-0.2, 0) is 23.8 Å². The number of methoxy groups -OCH3 is 2. The summed E-state index contributed by atoms with van der Waals surface area (Å²) in [5.74, 6) is 1.71. The maximum Gasteiger partial charge on any atom is 0.336 e. The van der Waals surface area contributed by atoms with Crippen LogP contribution in [0.5, 0.6) is 0 Å². The number of aliphatic hydroxyl groups is 1. The van der Waals surface area contributed by atoms with E-state index in [-0.39, 0.29) is 48.1 Å². The average molecular weight is 501 g/mol. The molecule has 4 unspecified atom stereocenters. The van der Waals surface area contributed by atoms with Gasteiger partial charge in [0, 0.05) is 39.6 Å². The molecule has 1 aliphatic heterocycles. The minimum Gasteiger partial charge on any atom is -0.458 e. The van der Waals surface area contributed by atoms with Crippen LogP contribution in [0.1, 0.15) is 72.1 Å². The highest BCUT2D eigenvalue weighted by molar-refractivity contribution is 5.91. The van der Waals surface area contributed by atoms with Crippen molar-refractivity contribution in [3.8, 4) is 0 Å². The number of esters is 1. The Morgan fingerprint density at radius 1 is 1.11 bits per heavy atom. The van der Waals surface area contributed by atoms with Gasteiger partial charge in [-0.25, -0.2) is 4.79 Å². The Balaban J connectivity index is 1.39. The van der Waals surface area contributed by atoms with Gasteiger partial charge >= 0.3 is 5.97 Å². The Kier molecular flexibility index (Phi) is 7.01. The minimum atomic E-state index is -0.355. The first kappa shape index (κ1) is 26.1. The largest absolute Gasteiger partial charge is 0.458 e. The van der Waals surface area contributed by atoms with Gasteiger partial charge < -0.3 is 19.3 Å². The second kappa shape index (κ2) is 9.67. The van der Waals surface area contributed by atoms with E-state index in [2.05, 4.69) is 19.9 Å². The van der Waals surface area contributed by atoms with Gasteiger partial charge in [-0.15, -0.1) is 0 Å². The van der Waals surface area contributed by atoms with Crippen LogP contribution >= 0.6 is 0 Å². The maximum absolute atomic E-state index is 13.5. The number of fused-ring (bicyclic) bond motifs is 5. The predicted molar refractivity (Wildman–Crippen MR) is 136 cm³/mol. The molecular formula is C30H44O6. The molecule has 6 heteroatoms. The molecule has 36 heavy (non-hydrogen) atoms. The van der Waals surface area contributed by atoms with Crippen LogP contribution in [0.25, 0.3) is 0 Å². The van der Waals surface area contributed by atoms with Crippen LogP contribution < -0.4 is 0 Å². The highest BCUT2D eigenvalue weighted by Gasteiger charge is 2.62. The molecule has 9 atom stereocenters. The molecule has 0 aromatic rings. The second-order valence-corrected chi connectivity index (χ2v) is 12.6. The minimum absolute atomic E-state index is 0.0171. The molecule has 0 amide bonds. The van der Waals surface area contributed by atoms with Gasteiger partial charge in [0.2, 0.25) is 0 Å². The van der Waals surface area contributed by atoms with Crippen molar-refractivity contribution in [2.24, 2.45) is 40.4 Å².